The highest BCUT2D eigenvalue weighted by atomic mass is 19.4. The van der Waals surface area contributed by atoms with Crippen molar-refractivity contribution >= 4 is 23.1 Å². The monoisotopic (exact) mass is 511 g/mol. The van der Waals surface area contributed by atoms with Gasteiger partial charge in [0.05, 0.1) is 30.4 Å². The molecule has 2 aliphatic heterocycles. The van der Waals surface area contributed by atoms with Crippen LogP contribution in [0, 0.1) is 0 Å². The normalized spacial score (nSPS) is 23.6. The molecule has 0 amide bonds. The van der Waals surface area contributed by atoms with Gasteiger partial charge in [-0.15, -0.1) is 0 Å². The quantitative estimate of drug-likeness (QED) is 0.580. The highest BCUT2D eigenvalue weighted by molar-refractivity contribution is 5.66. The van der Waals surface area contributed by atoms with Crippen LogP contribution in [0.3, 0.4) is 0 Å². The molecule has 4 rings (SSSR count). The van der Waals surface area contributed by atoms with Crippen LogP contribution in [0.25, 0.3) is 0 Å². The van der Waals surface area contributed by atoms with Crippen molar-refractivity contribution in [2.45, 2.75) is 43.6 Å². The molecule has 0 radical (unpaired) electrons. The van der Waals surface area contributed by atoms with Crippen LogP contribution in [0.4, 0.5) is 58.3 Å². The van der Waals surface area contributed by atoms with E-state index in [1.54, 1.807) is 4.90 Å². The Kier molecular flexibility index (Phi) is 6.68. The van der Waals surface area contributed by atoms with E-state index < -0.39 is 72.5 Å². The zero-order valence-electron chi connectivity index (χ0n) is 18.0. The third-order valence-corrected chi connectivity index (χ3v) is 5.87. The van der Waals surface area contributed by atoms with Crippen molar-refractivity contribution in [3.8, 4) is 0 Å². The van der Waals surface area contributed by atoms with Crippen LogP contribution < -0.4 is 15.1 Å². The summed E-state index contributed by atoms with van der Waals surface area (Å²) >= 11 is 0. The number of β-amino-alcohol motifs (C(OH)–C–C–N with tert-alkyl or cyclic N) is 1. The fraction of sp³-hybridized carbons (Fsp3) is 0.524. The smallest absolute Gasteiger partial charge is 0.391 e. The summed E-state index contributed by atoms with van der Waals surface area (Å²) in [5.41, 5.74) is -2.78. The van der Waals surface area contributed by atoms with E-state index in [0.29, 0.717) is 25.6 Å². The van der Waals surface area contributed by atoms with Crippen molar-refractivity contribution in [1.29, 1.82) is 0 Å². The zero-order valence-corrected chi connectivity index (χ0v) is 18.0. The second kappa shape index (κ2) is 9.28. The van der Waals surface area contributed by atoms with Crippen LogP contribution in [0.15, 0.2) is 24.4 Å². The second-order valence-electron chi connectivity index (χ2n) is 8.46. The van der Waals surface area contributed by atoms with E-state index in [1.807, 2.05) is 0 Å². The van der Waals surface area contributed by atoms with Gasteiger partial charge in [0.1, 0.15) is 11.4 Å². The molecule has 1 aromatic heterocycles. The molecule has 192 valence electrons. The highest BCUT2D eigenvalue weighted by Gasteiger charge is 2.41. The lowest BCUT2D eigenvalue weighted by atomic mass is 10.1. The standard InChI is InChI=1S/C21H21F8N5O/c22-15-9-34(10-16(15)23)18-14(21(27,28)29)7-30-19(32-18)31-17-4-3-11(6-13(17)20(24,25)26)33-5-1-2-12(35)8-33/h3-4,6-7,12,15-16,35H,1-2,5,8-10H2,(H,30,31,32)/t12?,15-,16-/m0/s1. The fourth-order valence-electron chi connectivity index (χ4n) is 4.15. The lowest BCUT2D eigenvalue weighted by Gasteiger charge is -2.32. The Morgan fingerprint density at radius 3 is 2.17 bits per heavy atom. The third-order valence-electron chi connectivity index (χ3n) is 5.87. The van der Waals surface area contributed by atoms with Crippen molar-refractivity contribution in [2.24, 2.45) is 0 Å². The largest absolute Gasteiger partial charge is 0.421 e. The molecule has 1 unspecified atom stereocenters. The molecule has 2 N–H and O–H groups in total. The number of aliphatic hydroxyl groups excluding tert-OH is 1. The average molecular weight is 511 g/mol. The Morgan fingerprint density at radius 1 is 0.914 bits per heavy atom. The Labute approximate surface area is 194 Å². The van der Waals surface area contributed by atoms with E-state index in [1.165, 1.54) is 6.07 Å². The number of aliphatic hydroxyl groups is 1. The van der Waals surface area contributed by atoms with E-state index >= 15 is 0 Å². The fourth-order valence-corrected chi connectivity index (χ4v) is 4.15. The summed E-state index contributed by atoms with van der Waals surface area (Å²) in [6.45, 7) is -0.764. The first-order chi connectivity index (χ1) is 16.3. The first-order valence-electron chi connectivity index (χ1n) is 10.7. The molecule has 0 aliphatic carbocycles. The number of anilines is 4. The molecule has 6 nitrogen and oxygen atoms in total. The molecule has 14 heteroatoms. The molecule has 3 atom stereocenters. The van der Waals surface area contributed by atoms with Gasteiger partial charge in [0.2, 0.25) is 5.95 Å². The second-order valence-corrected chi connectivity index (χ2v) is 8.46. The lowest BCUT2D eigenvalue weighted by molar-refractivity contribution is -0.138. The summed E-state index contributed by atoms with van der Waals surface area (Å²) in [7, 11) is 0. The maximum atomic E-state index is 13.8. The number of nitrogens with one attached hydrogen (secondary N) is 1. The topological polar surface area (TPSA) is 64.5 Å². The zero-order chi connectivity index (χ0) is 25.5. The Hall–Kier alpha value is -2.90. The maximum absolute atomic E-state index is 13.8. The number of nitrogens with zero attached hydrogens (tertiary/aromatic N) is 4. The van der Waals surface area contributed by atoms with Gasteiger partial charge in [-0.3, -0.25) is 0 Å². The summed E-state index contributed by atoms with van der Waals surface area (Å²) in [6.07, 6.45) is -13.0. The molecule has 3 heterocycles. The van der Waals surface area contributed by atoms with E-state index in [9.17, 15) is 40.2 Å². The average Bonchev–Trinajstić information content (AvgIpc) is 3.11. The van der Waals surface area contributed by atoms with E-state index in [-0.39, 0.29) is 12.2 Å². The summed E-state index contributed by atoms with van der Waals surface area (Å²) in [4.78, 5) is 9.51. The Balaban J connectivity index is 1.68. The summed E-state index contributed by atoms with van der Waals surface area (Å²) in [5, 5.41) is 12.1. The van der Waals surface area contributed by atoms with Gasteiger partial charge >= 0.3 is 12.4 Å². The van der Waals surface area contributed by atoms with Crippen LogP contribution in [-0.2, 0) is 12.4 Å². The van der Waals surface area contributed by atoms with Gasteiger partial charge in [0, 0.05) is 25.0 Å². The maximum Gasteiger partial charge on any atom is 0.421 e. The van der Waals surface area contributed by atoms with Gasteiger partial charge in [-0.1, -0.05) is 0 Å². The van der Waals surface area contributed by atoms with Gasteiger partial charge < -0.3 is 20.2 Å². The molecule has 0 saturated carbocycles. The van der Waals surface area contributed by atoms with Gasteiger partial charge in [-0.25, -0.2) is 13.8 Å². The molecule has 0 spiro atoms. The van der Waals surface area contributed by atoms with Gasteiger partial charge in [-0.2, -0.15) is 31.3 Å². The summed E-state index contributed by atoms with van der Waals surface area (Å²) in [6, 6.07) is 3.33. The number of rotatable bonds is 4. The molecule has 1 aromatic carbocycles. The molecular weight excluding hydrogens is 490 g/mol. The number of hydrogen-bond acceptors (Lipinski definition) is 6. The first kappa shape index (κ1) is 25.2. The Morgan fingerprint density at radius 2 is 1.57 bits per heavy atom. The minimum Gasteiger partial charge on any atom is -0.391 e. The van der Waals surface area contributed by atoms with Crippen molar-refractivity contribution < 1.29 is 40.2 Å². The highest BCUT2D eigenvalue weighted by Crippen LogP contribution is 2.40. The minimum absolute atomic E-state index is 0.163. The van der Waals surface area contributed by atoms with Crippen molar-refractivity contribution in [3.63, 3.8) is 0 Å². The molecule has 35 heavy (non-hydrogen) atoms. The third kappa shape index (κ3) is 5.52. The predicted molar refractivity (Wildman–Crippen MR) is 111 cm³/mol. The van der Waals surface area contributed by atoms with Crippen molar-refractivity contribution in [1.82, 2.24) is 9.97 Å². The van der Waals surface area contributed by atoms with Crippen LogP contribution in [0.5, 0.6) is 0 Å². The molecule has 2 saturated heterocycles. The molecule has 2 aromatic rings. The van der Waals surface area contributed by atoms with E-state index in [4.69, 9.17) is 0 Å². The van der Waals surface area contributed by atoms with Gasteiger partial charge in [0.25, 0.3) is 0 Å². The van der Waals surface area contributed by atoms with Crippen LogP contribution in [-0.4, -0.2) is 59.7 Å². The van der Waals surface area contributed by atoms with Crippen molar-refractivity contribution in [2.75, 3.05) is 41.3 Å². The first-order valence-corrected chi connectivity index (χ1v) is 10.7. The van der Waals surface area contributed by atoms with Gasteiger partial charge in [-0.05, 0) is 31.0 Å². The number of hydrogen-bond donors (Lipinski definition) is 2. The van der Waals surface area contributed by atoms with E-state index in [2.05, 4.69) is 15.3 Å². The van der Waals surface area contributed by atoms with Crippen molar-refractivity contribution in [3.05, 3.63) is 35.5 Å². The SMILES string of the molecule is OC1CCCN(c2ccc(Nc3ncc(C(F)(F)F)c(N4C[C@H](F)[C@@H](F)C4)n3)c(C(F)(F)F)c2)C1. The molecule has 2 aliphatic rings. The number of benzene rings is 1. The predicted octanol–water partition coefficient (Wildman–Crippen LogP) is 4.72. The summed E-state index contributed by atoms with van der Waals surface area (Å²) in [5.74, 6) is -1.43. The lowest BCUT2D eigenvalue weighted by Crippen LogP contribution is -2.38. The number of halogens is 8. The van der Waals surface area contributed by atoms with E-state index in [0.717, 1.165) is 17.0 Å². The Bertz CT molecular complexity index is 1050. The molecule has 0 bridgehead atoms. The summed E-state index contributed by atoms with van der Waals surface area (Å²) < 4.78 is 109. The van der Waals surface area contributed by atoms with Gasteiger partial charge in [0.15, 0.2) is 12.3 Å². The number of alkyl halides is 8. The number of aromatic nitrogens is 2. The van der Waals surface area contributed by atoms with Crippen LogP contribution in [0.2, 0.25) is 0 Å². The molecule has 2 fully saturated rings. The minimum atomic E-state index is -4.95. The van der Waals surface area contributed by atoms with Crippen LogP contribution in [0.1, 0.15) is 24.0 Å². The van der Waals surface area contributed by atoms with Crippen LogP contribution >= 0.6 is 0 Å². The molecular formula is C21H21F8N5O. The number of piperidine rings is 1.